The van der Waals surface area contributed by atoms with Gasteiger partial charge in [0.1, 0.15) is 11.6 Å². The lowest BCUT2D eigenvalue weighted by atomic mass is 10.1. The van der Waals surface area contributed by atoms with Crippen LogP contribution in [0.5, 0.6) is 0 Å². The molecule has 0 unspecified atom stereocenters. The lowest BCUT2D eigenvalue weighted by Gasteiger charge is -2.03. The zero-order valence-corrected chi connectivity index (χ0v) is 9.65. The second-order valence-corrected chi connectivity index (χ2v) is 3.53. The van der Waals surface area contributed by atoms with Gasteiger partial charge in [-0.3, -0.25) is 10.1 Å². The van der Waals surface area contributed by atoms with E-state index in [4.69, 9.17) is 5.26 Å². The third kappa shape index (κ3) is 2.01. The van der Waals surface area contributed by atoms with Crippen molar-refractivity contribution in [2.45, 2.75) is 0 Å². The molecule has 0 aromatic heterocycles. The van der Waals surface area contributed by atoms with Crippen molar-refractivity contribution in [2.75, 3.05) is 7.11 Å². The van der Waals surface area contributed by atoms with Crippen LogP contribution >= 0.6 is 15.9 Å². The minimum absolute atomic E-state index is 0.125. The highest BCUT2D eigenvalue weighted by Gasteiger charge is 2.25. The Morgan fingerprint density at radius 2 is 2.25 bits per heavy atom. The number of nitriles is 1. The van der Waals surface area contributed by atoms with Gasteiger partial charge >= 0.3 is 11.7 Å². The maximum Gasteiger partial charge on any atom is 0.339 e. The summed E-state index contributed by atoms with van der Waals surface area (Å²) in [4.78, 5) is 21.3. The molecule has 0 aliphatic carbocycles. The SMILES string of the molecule is COC(=O)c1ccc(Br)c([N+](=O)[O-])c1C#N. The summed E-state index contributed by atoms with van der Waals surface area (Å²) in [6.07, 6.45) is 0. The summed E-state index contributed by atoms with van der Waals surface area (Å²) in [5.41, 5.74) is -0.878. The summed E-state index contributed by atoms with van der Waals surface area (Å²) < 4.78 is 4.57. The van der Waals surface area contributed by atoms with Crippen molar-refractivity contribution < 1.29 is 14.5 Å². The molecule has 0 spiro atoms. The molecule has 0 N–H and O–H groups in total. The van der Waals surface area contributed by atoms with Crippen LogP contribution in [0.15, 0.2) is 16.6 Å². The first kappa shape index (κ1) is 12.1. The molecule has 0 radical (unpaired) electrons. The fourth-order valence-corrected chi connectivity index (χ4v) is 1.61. The van der Waals surface area contributed by atoms with Crippen molar-refractivity contribution in [2.24, 2.45) is 0 Å². The Morgan fingerprint density at radius 1 is 1.62 bits per heavy atom. The number of carbonyl (C=O) groups is 1. The van der Waals surface area contributed by atoms with E-state index >= 15 is 0 Å². The standard InChI is InChI=1S/C9H5BrN2O4/c1-16-9(13)5-2-3-7(10)8(12(14)15)6(5)4-11/h2-3H,1H3. The Morgan fingerprint density at radius 3 is 2.69 bits per heavy atom. The van der Waals surface area contributed by atoms with E-state index in [9.17, 15) is 14.9 Å². The molecule has 0 saturated carbocycles. The summed E-state index contributed by atoms with van der Waals surface area (Å²) >= 11 is 2.95. The summed E-state index contributed by atoms with van der Waals surface area (Å²) in [6, 6.07) is 4.25. The first-order valence-electron chi connectivity index (χ1n) is 3.98. The summed E-state index contributed by atoms with van der Waals surface area (Å²) in [5.74, 6) is -0.785. The average Bonchev–Trinajstić information content (AvgIpc) is 2.26. The summed E-state index contributed by atoms with van der Waals surface area (Å²) in [6.45, 7) is 0. The third-order valence-electron chi connectivity index (χ3n) is 1.83. The summed E-state index contributed by atoms with van der Waals surface area (Å²) in [7, 11) is 1.14. The smallest absolute Gasteiger partial charge is 0.339 e. The van der Waals surface area contributed by atoms with Crippen LogP contribution in [0.3, 0.4) is 0 Å². The van der Waals surface area contributed by atoms with Crippen LogP contribution < -0.4 is 0 Å². The van der Waals surface area contributed by atoms with E-state index in [0.29, 0.717) is 0 Å². The molecule has 1 rings (SSSR count). The van der Waals surface area contributed by atoms with Crippen molar-refractivity contribution >= 4 is 27.6 Å². The second kappa shape index (κ2) is 4.72. The number of methoxy groups -OCH3 is 1. The Labute approximate surface area is 98.7 Å². The molecule has 0 aliphatic heterocycles. The van der Waals surface area contributed by atoms with Crippen LogP contribution in [-0.2, 0) is 4.74 Å². The van der Waals surface area contributed by atoms with E-state index in [0.717, 1.165) is 7.11 Å². The number of rotatable bonds is 2. The number of halogens is 1. The highest BCUT2D eigenvalue weighted by atomic mass is 79.9. The number of nitro benzene ring substituents is 1. The molecule has 0 amide bonds. The molecule has 0 saturated heterocycles. The Balaban J connectivity index is 3.57. The normalized spacial score (nSPS) is 9.31. The van der Waals surface area contributed by atoms with Crippen molar-refractivity contribution in [3.63, 3.8) is 0 Å². The maximum atomic E-state index is 11.3. The van der Waals surface area contributed by atoms with Gasteiger partial charge in [-0.15, -0.1) is 0 Å². The zero-order chi connectivity index (χ0) is 12.3. The van der Waals surface area contributed by atoms with E-state index in [1.165, 1.54) is 12.1 Å². The van der Waals surface area contributed by atoms with Crippen molar-refractivity contribution in [1.82, 2.24) is 0 Å². The van der Waals surface area contributed by atoms with Gasteiger partial charge in [-0.05, 0) is 28.1 Å². The van der Waals surface area contributed by atoms with Crippen LogP contribution in [0.2, 0.25) is 0 Å². The Hall–Kier alpha value is -1.94. The van der Waals surface area contributed by atoms with Gasteiger partial charge in [-0.1, -0.05) is 0 Å². The largest absolute Gasteiger partial charge is 0.465 e. The van der Waals surface area contributed by atoms with E-state index in [1.807, 2.05) is 0 Å². The number of ether oxygens (including phenoxy) is 1. The average molecular weight is 285 g/mol. The van der Waals surface area contributed by atoms with Gasteiger partial charge in [0.05, 0.1) is 22.1 Å². The molecule has 1 aromatic rings. The first-order valence-corrected chi connectivity index (χ1v) is 4.77. The fraction of sp³-hybridized carbons (Fsp3) is 0.111. The molecule has 0 aliphatic rings. The van der Waals surface area contributed by atoms with Crippen molar-refractivity contribution in [1.29, 1.82) is 5.26 Å². The quantitative estimate of drug-likeness (QED) is 0.470. The van der Waals surface area contributed by atoms with Gasteiger partial charge < -0.3 is 4.74 Å². The first-order chi connectivity index (χ1) is 7.52. The van der Waals surface area contributed by atoms with E-state index in [2.05, 4.69) is 20.7 Å². The Bertz CT molecular complexity index is 507. The molecule has 7 heteroatoms. The number of nitrogens with zero attached hydrogens (tertiary/aromatic N) is 2. The lowest BCUT2D eigenvalue weighted by Crippen LogP contribution is -2.06. The number of esters is 1. The topological polar surface area (TPSA) is 93.2 Å². The number of carbonyl (C=O) groups excluding carboxylic acids is 1. The van der Waals surface area contributed by atoms with Crippen LogP contribution in [0.1, 0.15) is 15.9 Å². The predicted octanol–water partition coefficient (Wildman–Crippen LogP) is 2.02. The molecule has 1 aromatic carbocycles. The van der Waals surface area contributed by atoms with Gasteiger partial charge in [0.25, 0.3) is 0 Å². The van der Waals surface area contributed by atoms with Gasteiger partial charge in [-0.25, -0.2) is 4.79 Å². The zero-order valence-electron chi connectivity index (χ0n) is 8.06. The van der Waals surface area contributed by atoms with E-state index in [1.54, 1.807) is 6.07 Å². The van der Waals surface area contributed by atoms with Crippen molar-refractivity contribution in [3.8, 4) is 6.07 Å². The van der Waals surface area contributed by atoms with Crippen LogP contribution in [0, 0.1) is 21.4 Å². The van der Waals surface area contributed by atoms with Crippen LogP contribution in [0.25, 0.3) is 0 Å². The Kier molecular flexibility index (Phi) is 3.58. The maximum absolute atomic E-state index is 11.3. The minimum atomic E-state index is -0.785. The number of benzene rings is 1. The number of hydrogen-bond donors (Lipinski definition) is 0. The van der Waals surface area contributed by atoms with Crippen LogP contribution in [-0.4, -0.2) is 18.0 Å². The molecule has 16 heavy (non-hydrogen) atoms. The molecular weight excluding hydrogens is 280 g/mol. The van der Waals surface area contributed by atoms with E-state index < -0.39 is 16.6 Å². The predicted molar refractivity (Wildman–Crippen MR) is 56.9 cm³/mol. The molecular formula is C9H5BrN2O4. The van der Waals surface area contributed by atoms with Gasteiger partial charge in [-0.2, -0.15) is 5.26 Å². The molecule has 0 heterocycles. The molecule has 0 bridgehead atoms. The fourth-order valence-electron chi connectivity index (χ4n) is 1.14. The van der Waals surface area contributed by atoms with Gasteiger partial charge in [0.2, 0.25) is 0 Å². The van der Waals surface area contributed by atoms with Gasteiger partial charge in [0.15, 0.2) is 0 Å². The molecule has 0 atom stereocenters. The summed E-state index contributed by atoms with van der Waals surface area (Å²) in [5, 5.41) is 19.6. The second-order valence-electron chi connectivity index (χ2n) is 2.68. The molecule has 0 fully saturated rings. The molecule has 6 nitrogen and oxygen atoms in total. The van der Waals surface area contributed by atoms with E-state index in [-0.39, 0.29) is 15.6 Å². The third-order valence-corrected chi connectivity index (χ3v) is 2.47. The lowest BCUT2D eigenvalue weighted by molar-refractivity contribution is -0.386. The van der Waals surface area contributed by atoms with Gasteiger partial charge in [0, 0.05) is 0 Å². The minimum Gasteiger partial charge on any atom is -0.465 e. The van der Waals surface area contributed by atoms with Crippen molar-refractivity contribution in [3.05, 3.63) is 37.8 Å². The molecule has 82 valence electrons. The number of hydrogen-bond acceptors (Lipinski definition) is 5. The highest BCUT2D eigenvalue weighted by Crippen LogP contribution is 2.31. The highest BCUT2D eigenvalue weighted by molar-refractivity contribution is 9.10. The van der Waals surface area contributed by atoms with Crippen LogP contribution in [0.4, 0.5) is 5.69 Å². The monoisotopic (exact) mass is 284 g/mol. The number of nitro groups is 1.